The number of rotatable bonds is 5. The maximum Gasteiger partial charge on any atom is 0.244 e. The fourth-order valence-corrected chi connectivity index (χ4v) is 3.40. The highest BCUT2D eigenvalue weighted by molar-refractivity contribution is 5.89. The van der Waals surface area contributed by atoms with Crippen LogP contribution in [0.2, 0.25) is 0 Å². The van der Waals surface area contributed by atoms with Crippen molar-refractivity contribution in [1.82, 2.24) is 9.55 Å². The number of aryl methyl sites for hydroxylation is 1. The molecule has 2 heterocycles. The number of methoxy groups -OCH3 is 1. The third kappa shape index (κ3) is 3.31. The maximum absolute atomic E-state index is 13.2. The van der Waals surface area contributed by atoms with Gasteiger partial charge in [-0.1, -0.05) is 12.1 Å². The zero-order valence-electron chi connectivity index (χ0n) is 16.1. The summed E-state index contributed by atoms with van der Waals surface area (Å²) in [4.78, 5) is 4.45. The molecule has 0 aliphatic rings. The number of pyridine rings is 1. The van der Waals surface area contributed by atoms with Crippen molar-refractivity contribution in [1.29, 1.82) is 0 Å². The molecular formula is C23H21FN2O2. The van der Waals surface area contributed by atoms with Gasteiger partial charge < -0.3 is 14.0 Å². The van der Waals surface area contributed by atoms with E-state index >= 15 is 0 Å². The molecule has 0 amide bonds. The normalized spacial score (nSPS) is 11.0. The number of nitrogens with zero attached hydrogens (tertiary/aromatic N) is 2. The molecule has 28 heavy (non-hydrogen) atoms. The lowest BCUT2D eigenvalue weighted by atomic mass is 10.2. The predicted molar refractivity (Wildman–Crippen MR) is 108 cm³/mol. The van der Waals surface area contributed by atoms with E-state index in [1.165, 1.54) is 17.7 Å². The van der Waals surface area contributed by atoms with Crippen LogP contribution in [0.1, 0.15) is 16.8 Å². The molecule has 4 nitrogen and oxygen atoms in total. The molecule has 0 aliphatic carbocycles. The molecular weight excluding hydrogens is 355 g/mol. The first-order valence-electron chi connectivity index (χ1n) is 9.07. The standard InChI is InChI=1S/C23H21FN2O2/c1-15-16(2)26(14-17-5-4-6-20(13-17)27-3)22-21(15)11-12-25-23(22)28-19-9-7-18(24)8-10-19/h4-13H,14H2,1-3H3. The van der Waals surface area contributed by atoms with Crippen molar-refractivity contribution in [3.05, 3.63) is 83.4 Å². The lowest BCUT2D eigenvalue weighted by molar-refractivity contribution is 0.414. The number of halogens is 1. The van der Waals surface area contributed by atoms with Crippen molar-refractivity contribution >= 4 is 10.9 Å². The van der Waals surface area contributed by atoms with E-state index in [2.05, 4.69) is 29.5 Å². The SMILES string of the molecule is COc1cccc(Cn2c(C)c(C)c3ccnc(Oc4ccc(F)cc4)c32)c1. The fraction of sp³-hybridized carbons (Fsp3) is 0.174. The Labute approximate surface area is 163 Å². The zero-order chi connectivity index (χ0) is 19.7. The minimum Gasteiger partial charge on any atom is -0.497 e. The number of ether oxygens (including phenoxy) is 2. The van der Waals surface area contributed by atoms with Crippen molar-refractivity contribution in [2.75, 3.05) is 7.11 Å². The van der Waals surface area contributed by atoms with Crippen molar-refractivity contribution < 1.29 is 13.9 Å². The van der Waals surface area contributed by atoms with Gasteiger partial charge in [0, 0.05) is 23.8 Å². The van der Waals surface area contributed by atoms with Crippen LogP contribution in [-0.2, 0) is 6.54 Å². The Bertz CT molecular complexity index is 1130. The second-order valence-electron chi connectivity index (χ2n) is 6.72. The maximum atomic E-state index is 13.2. The Morgan fingerprint density at radius 1 is 1.00 bits per heavy atom. The Hall–Kier alpha value is -3.34. The summed E-state index contributed by atoms with van der Waals surface area (Å²) in [5.41, 5.74) is 4.37. The quantitative estimate of drug-likeness (QED) is 0.452. The second-order valence-corrected chi connectivity index (χ2v) is 6.72. The van der Waals surface area contributed by atoms with E-state index in [1.54, 1.807) is 25.4 Å². The van der Waals surface area contributed by atoms with E-state index in [-0.39, 0.29) is 5.82 Å². The van der Waals surface area contributed by atoms with Crippen molar-refractivity contribution in [2.24, 2.45) is 0 Å². The molecule has 4 rings (SSSR count). The minimum absolute atomic E-state index is 0.299. The third-order valence-electron chi connectivity index (χ3n) is 5.02. The van der Waals surface area contributed by atoms with Gasteiger partial charge in [-0.3, -0.25) is 0 Å². The first-order valence-corrected chi connectivity index (χ1v) is 9.07. The predicted octanol–water partition coefficient (Wildman–Crippen LogP) is 5.64. The topological polar surface area (TPSA) is 36.3 Å². The molecule has 0 radical (unpaired) electrons. The van der Waals surface area contributed by atoms with Gasteiger partial charge in [-0.2, -0.15) is 0 Å². The first kappa shape index (κ1) is 18.0. The Morgan fingerprint density at radius 3 is 2.54 bits per heavy atom. The summed E-state index contributed by atoms with van der Waals surface area (Å²) in [5.74, 6) is 1.57. The van der Waals surface area contributed by atoms with Crippen LogP contribution >= 0.6 is 0 Å². The Morgan fingerprint density at radius 2 is 1.79 bits per heavy atom. The van der Waals surface area contributed by atoms with Crippen molar-refractivity contribution in [3.8, 4) is 17.4 Å². The highest BCUT2D eigenvalue weighted by atomic mass is 19.1. The molecule has 0 fully saturated rings. The van der Waals surface area contributed by atoms with E-state index in [0.29, 0.717) is 18.2 Å². The van der Waals surface area contributed by atoms with Gasteiger partial charge in [0.1, 0.15) is 22.8 Å². The van der Waals surface area contributed by atoms with E-state index in [4.69, 9.17) is 9.47 Å². The molecule has 0 N–H and O–H groups in total. The van der Waals surface area contributed by atoms with Crippen molar-refractivity contribution in [3.63, 3.8) is 0 Å². The number of hydrogen-bond acceptors (Lipinski definition) is 3. The van der Waals surface area contributed by atoms with Gasteiger partial charge in [-0.05, 0) is 67.4 Å². The zero-order valence-corrected chi connectivity index (χ0v) is 16.1. The van der Waals surface area contributed by atoms with Crippen LogP contribution in [0.15, 0.2) is 60.8 Å². The fourth-order valence-electron chi connectivity index (χ4n) is 3.40. The third-order valence-corrected chi connectivity index (χ3v) is 5.02. The van der Waals surface area contributed by atoms with Crippen LogP contribution in [0, 0.1) is 19.7 Å². The molecule has 4 aromatic rings. The van der Waals surface area contributed by atoms with E-state index < -0.39 is 0 Å². The van der Waals surface area contributed by atoms with E-state index in [0.717, 1.165) is 27.9 Å². The number of benzene rings is 2. The highest BCUT2D eigenvalue weighted by Gasteiger charge is 2.17. The lowest BCUT2D eigenvalue weighted by Crippen LogP contribution is -2.03. The largest absolute Gasteiger partial charge is 0.497 e. The van der Waals surface area contributed by atoms with Crippen LogP contribution in [0.5, 0.6) is 17.4 Å². The molecule has 0 unspecified atom stereocenters. The first-order chi connectivity index (χ1) is 13.6. The van der Waals surface area contributed by atoms with Gasteiger partial charge in [-0.15, -0.1) is 0 Å². The van der Waals surface area contributed by atoms with Gasteiger partial charge >= 0.3 is 0 Å². The van der Waals surface area contributed by atoms with Gasteiger partial charge in [-0.25, -0.2) is 9.37 Å². The smallest absolute Gasteiger partial charge is 0.244 e. The molecule has 0 aliphatic heterocycles. The molecule has 0 saturated carbocycles. The summed E-state index contributed by atoms with van der Waals surface area (Å²) in [6.07, 6.45) is 1.74. The minimum atomic E-state index is -0.299. The summed E-state index contributed by atoms with van der Waals surface area (Å²) in [6.45, 7) is 4.86. The second kappa shape index (κ2) is 7.35. The van der Waals surface area contributed by atoms with E-state index in [1.807, 2.05) is 24.3 Å². The van der Waals surface area contributed by atoms with Gasteiger partial charge in [0.05, 0.1) is 7.11 Å². The van der Waals surface area contributed by atoms with Crippen LogP contribution in [0.3, 0.4) is 0 Å². The average Bonchev–Trinajstić information content (AvgIpc) is 2.96. The summed E-state index contributed by atoms with van der Waals surface area (Å²) in [7, 11) is 1.66. The summed E-state index contributed by atoms with van der Waals surface area (Å²) >= 11 is 0. The number of aromatic nitrogens is 2. The molecule has 2 aromatic carbocycles. The van der Waals surface area contributed by atoms with Gasteiger partial charge in [0.2, 0.25) is 5.88 Å². The van der Waals surface area contributed by atoms with Crippen LogP contribution < -0.4 is 9.47 Å². The monoisotopic (exact) mass is 376 g/mol. The van der Waals surface area contributed by atoms with Gasteiger partial charge in [0.25, 0.3) is 0 Å². The van der Waals surface area contributed by atoms with Crippen LogP contribution in [0.25, 0.3) is 10.9 Å². The number of fused-ring (bicyclic) bond motifs is 1. The Balaban J connectivity index is 1.81. The highest BCUT2D eigenvalue weighted by Crippen LogP contribution is 2.34. The summed E-state index contributed by atoms with van der Waals surface area (Å²) in [6, 6.07) is 16.0. The summed E-state index contributed by atoms with van der Waals surface area (Å²) < 4.78 is 26.8. The number of hydrogen-bond donors (Lipinski definition) is 0. The molecule has 0 bridgehead atoms. The Kier molecular flexibility index (Phi) is 4.74. The summed E-state index contributed by atoms with van der Waals surface area (Å²) in [5, 5.41) is 1.09. The molecule has 0 saturated heterocycles. The van der Waals surface area contributed by atoms with Gasteiger partial charge in [0.15, 0.2) is 0 Å². The van der Waals surface area contributed by atoms with Crippen LogP contribution in [0.4, 0.5) is 4.39 Å². The van der Waals surface area contributed by atoms with Crippen molar-refractivity contribution in [2.45, 2.75) is 20.4 Å². The lowest BCUT2D eigenvalue weighted by Gasteiger charge is -2.12. The molecule has 2 aromatic heterocycles. The molecule has 5 heteroatoms. The van der Waals surface area contributed by atoms with Crippen LogP contribution in [-0.4, -0.2) is 16.7 Å². The van der Waals surface area contributed by atoms with E-state index in [9.17, 15) is 4.39 Å². The molecule has 0 atom stereocenters. The molecule has 0 spiro atoms. The molecule has 142 valence electrons. The average molecular weight is 376 g/mol.